The molecule has 0 bridgehead atoms. The van der Waals surface area contributed by atoms with Gasteiger partial charge < -0.3 is 10.3 Å². The van der Waals surface area contributed by atoms with E-state index in [1.54, 1.807) is 0 Å². The molecule has 1 heterocycles. The molecule has 0 saturated heterocycles. The Morgan fingerprint density at radius 1 is 1.28 bits per heavy atom. The fraction of sp³-hybridized carbons (Fsp3) is 0.500. The normalized spacial score (nSPS) is 16.2. The van der Waals surface area contributed by atoms with Crippen molar-refractivity contribution < 1.29 is 17.6 Å². The number of fused-ring (bicyclic) bond motifs is 1. The summed E-state index contributed by atoms with van der Waals surface area (Å²) in [5, 5.41) is 2.52. The van der Waals surface area contributed by atoms with Crippen LogP contribution in [0.5, 0.6) is 0 Å². The number of aromatic amines is 1. The zero-order valence-electron chi connectivity index (χ0n) is 13.7. The van der Waals surface area contributed by atoms with Crippen LogP contribution in [0.4, 0.5) is 4.39 Å². The third-order valence-electron chi connectivity index (χ3n) is 4.27. The lowest BCUT2D eigenvalue weighted by atomic mass is 9.96. The maximum atomic E-state index is 13.2. The zero-order chi connectivity index (χ0) is 17.9. The summed E-state index contributed by atoms with van der Waals surface area (Å²) in [6.07, 6.45) is 4.95. The molecule has 136 valence electrons. The summed E-state index contributed by atoms with van der Waals surface area (Å²) in [6.45, 7) is -0.0215. The van der Waals surface area contributed by atoms with E-state index in [0.29, 0.717) is 11.0 Å². The lowest BCUT2D eigenvalue weighted by Gasteiger charge is -2.22. The Labute approximate surface area is 145 Å². The Kier molecular flexibility index (Phi) is 5.33. The first-order valence-corrected chi connectivity index (χ1v) is 10.0. The highest BCUT2D eigenvalue weighted by atomic mass is 32.2. The molecular formula is C16H21FN4O3S. The minimum Gasteiger partial charge on any atom is -0.348 e. The maximum absolute atomic E-state index is 13.2. The molecule has 1 saturated carbocycles. The highest BCUT2D eigenvalue weighted by molar-refractivity contribution is 7.89. The summed E-state index contributed by atoms with van der Waals surface area (Å²) in [7, 11) is -3.43. The minimum atomic E-state index is -3.43. The van der Waals surface area contributed by atoms with Gasteiger partial charge in [0.25, 0.3) is 5.91 Å². The van der Waals surface area contributed by atoms with Gasteiger partial charge in [-0.2, -0.15) is 0 Å². The molecular weight excluding hydrogens is 347 g/mol. The molecule has 0 atom stereocenters. The number of imidazole rings is 1. The van der Waals surface area contributed by atoms with Gasteiger partial charge in [-0.15, -0.1) is 0 Å². The Balaban J connectivity index is 1.52. The van der Waals surface area contributed by atoms with Crippen molar-refractivity contribution in [1.29, 1.82) is 0 Å². The molecule has 0 unspecified atom stereocenters. The molecule has 3 rings (SSSR count). The van der Waals surface area contributed by atoms with Gasteiger partial charge in [-0.25, -0.2) is 22.5 Å². The molecule has 7 nitrogen and oxygen atoms in total. The highest BCUT2D eigenvalue weighted by Gasteiger charge is 2.20. The largest absolute Gasteiger partial charge is 0.348 e. The van der Waals surface area contributed by atoms with Crippen LogP contribution in [0.15, 0.2) is 18.2 Å². The third kappa shape index (κ3) is 4.76. The van der Waals surface area contributed by atoms with Gasteiger partial charge >= 0.3 is 0 Å². The molecule has 2 aromatic rings. The number of hydrogen-bond acceptors (Lipinski definition) is 4. The lowest BCUT2D eigenvalue weighted by Crippen LogP contribution is -2.40. The van der Waals surface area contributed by atoms with Gasteiger partial charge in [-0.1, -0.05) is 19.3 Å². The molecule has 0 spiro atoms. The maximum Gasteiger partial charge on any atom is 0.287 e. The van der Waals surface area contributed by atoms with Crippen LogP contribution in [0.1, 0.15) is 42.7 Å². The lowest BCUT2D eigenvalue weighted by molar-refractivity contribution is 0.0947. The summed E-state index contributed by atoms with van der Waals surface area (Å²) in [6, 6.07) is 3.97. The van der Waals surface area contributed by atoms with E-state index in [-0.39, 0.29) is 24.2 Å². The number of benzene rings is 1. The monoisotopic (exact) mass is 368 g/mol. The van der Waals surface area contributed by atoms with Crippen LogP contribution in [-0.4, -0.2) is 42.6 Å². The van der Waals surface area contributed by atoms with Gasteiger partial charge in [-0.3, -0.25) is 4.79 Å². The van der Waals surface area contributed by atoms with Gasteiger partial charge in [0, 0.05) is 12.6 Å². The molecule has 1 amide bonds. The van der Waals surface area contributed by atoms with Crippen LogP contribution in [0.3, 0.4) is 0 Å². The van der Waals surface area contributed by atoms with Crippen molar-refractivity contribution in [3.05, 3.63) is 29.8 Å². The number of halogens is 1. The molecule has 1 aromatic heterocycles. The first-order valence-electron chi connectivity index (χ1n) is 8.36. The quantitative estimate of drug-likeness (QED) is 0.722. The van der Waals surface area contributed by atoms with E-state index >= 15 is 0 Å². The molecule has 1 aliphatic rings. The number of rotatable bonds is 6. The average Bonchev–Trinajstić information content (AvgIpc) is 2.98. The summed E-state index contributed by atoms with van der Waals surface area (Å²) in [5.41, 5.74) is 0.884. The number of sulfonamides is 1. The van der Waals surface area contributed by atoms with Crippen molar-refractivity contribution in [2.24, 2.45) is 0 Å². The number of nitrogens with one attached hydrogen (secondary N) is 3. The van der Waals surface area contributed by atoms with Crippen LogP contribution >= 0.6 is 0 Å². The number of aromatic nitrogens is 2. The van der Waals surface area contributed by atoms with Crippen molar-refractivity contribution in [3.63, 3.8) is 0 Å². The predicted octanol–water partition coefficient (Wildman–Crippen LogP) is 1.68. The number of nitrogens with zero attached hydrogens (tertiary/aromatic N) is 1. The Bertz CT molecular complexity index is 859. The fourth-order valence-corrected chi connectivity index (χ4v) is 4.24. The zero-order valence-corrected chi connectivity index (χ0v) is 14.5. The van der Waals surface area contributed by atoms with E-state index < -0.39 is 21.7 Å². The number of amides is 1. The average molecular weight is 368 g/mol. The summed E-state index contributed by atoms with van der Waals surface area (Å²) in [4.78, 5) is 18.8. The molecule has 9 heteroatoms. The van der Waals surface area contributed by atoms with Crippen molar-refractivity contribution in [2.45, 2.75) is 38.1 Å². The van der Waals surface area contributed by atoms with Crippen LogP contribution in [0.2, 0.25) is 0 Å². The molecule has 3 N–H and O–H groups in total. The Morgan fingerprint density at radius 2 is 2.04 bits per heavy atom. The standard InChI is InChI=1S/C16H21FN4O3S/c17-11-6-7-13-14(10-11)20-15(19-13)16(22)18-8-9-25(23,24)21-12-4-2-1-3-5-12/h6-7,10,12,21H,1-5,8-9H2,(H,18,22)(H,19,20). The topological polar surface area (TPSA) is 104 Å². The van der Waals surface area contributed by atoms with E-state index in [1.165, 1.54) is 18.2 Å². The fourth-order valence-electron chi connectivity index (χ4n) is 3.01. The second-order valence-corrected chi connectivity index (χ2v) is 8.15. The second kappa shape index (κ2) is 7.49. The predicted molar refractivity (Wildman–Crippen MR) is 92.2 cm³/mol. The minimum absolute atomic E-state index is 0.000258. The highest BCUT2D eigenvalue weighted by Crippen LogP contribution is 2.18. The molecule has 0 radical (unpaired) electrons. The van der Waals surface area contributed by atoms with Crippen molar-refractivity contribution >= 4 is 27.0 Å². The van der Waals surface area contributed by atoms with Crippen LogP contribution < -0.4 is 10.0 Å². The molecule has 1 fully saturated rings. The first kappa shape index (κ1) is 17.8. The third-order valence-corrected chi connectivity index (χ3v) is 5.70. The van der Waals surface area contributed by atoms with Gasteiger partial charge in [0.05, 0.1) is 16.8 Å². The van der Waals surface area contributed by atoms with Crippen LogP contribution in [0, 0.1) is 5.82 Å². The van der Waals surface area contributed by atoms with Gasteiger partial charge in [-0.05, 0) is 31.0 Å². The van der Waals surface area contributed by atoms with E-state index in [9.17, 15) is 17.6 Å². The van der Waals surface area contributed by atoms with Crippen molar-refractivity contribution in [3.8, 4) is 0 Å². The SMILES string of the molecule is O=C(NCCS(=O)(=O)NC1CCCCC1)c1nc2ccc(F)cc2[nH]1. The van der Waals surface area contributed by atoms with E-state index in [0.717, 1.165) is 32.1 Å². The Hall–Kier alpha value is -2.00. The number of carbonyl (C=O) groups is 1. The number of H-pyrrole nitrogens is 1. The van der Waals surface area contributed by atoms with E-state index in [1.807, 2.05) is 0 Å². The molecule has 1 aliphatic carbocycles. The summed E-state index contributed by atoms with van der Waals surface area (Å²) < 4.78 is 40.0. The van der Waals surface area contributed by atoms with E-state index in [4.69, 9.17) is 0 Å². The second-order valence-electron chi connectivity index (χ2n) is 6.27. The first-order chi connectivity index (χ1) is 11.9. The summed E-state index contributed by atoms with van der Waals surface area (Å²) >= 11 is 0. The molecule has 0 aliphatic heterocycles. The van der Waals surface area contributed by atoms with Crippen molar-refractivity contribution in [1.82, 2.24) is 20.0 Å². The van der Waals surface area contributed by atoms with Crippen LogP contribution in [-0.2, 0) is 10.0 Å². The van der Waals surface area contributed by atoms with Gasteiger partial charge in [0.15, 0.2) is 5.82 Å². The molecule has 25 heavy (non-hydrogen) atoms. The van der Waals surface area contributed by atoms with Crippen molar-refractivity contribution in [2.75, 3.05) is 12.3 Å². The smallest absolute Gasteiger partial charge is 0.287 e. The van der Waals surface area contributed by atoms with Crippen LogP contribution in [0.25, 0.3) is 11.0 Å². The van der Waals surface area contributed by atoms with Gasteiger partial charge in [0.2, 0.25) is 10.0 Å². The number of hydrogen-bond donors (Lipinski definition) is 3. The van der Waals surface area contributed by atoms with Gasteiger partial charge in [0.1, 0.15) is 5.82 Å². The number of carbonyl (C=O) groups excluding carboxylic acids is 1. The summed E-state index contributed by atoms with van der Waals surface area (Å²) in [5.74, 6) is -1.12. The Morgan fingerprint density at radius 3 is 2.80 bits per heavy atom. The molecule has 1 aromatic carbocycles. The van der Waals surface area contributed by atoms with E-state index in [2.05, 4.69) is 20.0 Å².